The summed E-state index contributed by atoms with van der Waals surface area (Å²) >= 11 is 0. The van der Waals surface area contributed by atoms with Crippen LogP contribution in [0.3, 0.4) is 0 Å². The van der Waals surface area contributed by atoms with Gasteiger partial charge in [-0.2, -0.15) is 5.26 Å². The molecule has 0 rings (SSSR count). The summed E-state index contributed by atoms with van der Waals surface area (Å²) in [5.41, 5.74) is 0. The monoisotopic (exact) mass is 247 g/mol. The standard InChI is InChI=1S/C10H21N3O2S/c1-4-10(9-11)16(14,15)12-7-8-13(5-2)6-3/h10,12H,4-8H2,1-3H3. The molecule has 16 heavy (non-hydrogen) atoms. The summed E-state index contributed by atoms with van der Waals surface area (Å²) in [7, 11) is -3.47. The van der Waals surface area contributed by atoms with Crippen molar-refractivity contribution in [3.05, 3.63) is 0 Å². The number of likely N-dealkylation sites (N-methyl/N-ethyl adjacent to an activating group) is 1. The van der Waals surface area contributed by atoms with Gasteiger partial charge in [-0.1, -0.05) is 20.8 Å². The van der Waals surface area contributed by atoms with Gasteiger partial charge in [0, 0.05) is 13.1 Å². The molecule has 0 bridgehead atoms. The molecule has 0 aromatic rings. The second-order valence-electron chi connectivity index (χ2n) is 3.49. The van der Waals surface area contributed by atoms with Gasteiger partial charge in [0.25, 0.3) is 0 Å². The minimum absolute atomic E-state index is 0.317. The zero-order valence-electron chi connectivity index (χ0n) is 10.2. The fraction of sp³-hybridized carbons (Fsp3) is 0.900. The van der Waals surface area contributed by atoms with E-state index in [1.54, 1.807) is 13.0 Å². The zero-order valence-corrected chi connectivity index (χ0v) is 11.0. The Labute approximate surface area is 98.5 Å². The van der Waals surface area contributed by atoms with Gasteiger partial charge in [-0.25, -0.2) is 13.1 Å². The Morgan fingerprint density at radius 1 is 1.31 bits per heavy atom. The summed E-state index contributed by atoms with van der Waals surface area (Å²) in [5, 5.41) is 7.74. The normalized spacial score (nSPS) is 13.7. The zero-order chi connectivity index (χ0) is 12.6. The first kappa shape index (κ1) is 15.4. The SMILES string of the molecule is CCC(C#N)S(=O)(=O)NCCN(CC)CC. The quantitative estimate of drug-likeness (QED) is 0.680. The molecule has 0 aromatic carbocycles. The molecule has 1 atom stereocenters. The van der Waals surface area contributed by atoms with Gasteiger partial charge in [-0.3, -0.25) is 0 Å². The number of hydrogen-bond acceptors (Lipinski definition) is 4. The van der Waals surface area contributed by atoms with Crippen LogP contribution in [0.25, 0.3) is 0 Å². The van der Waals surface area contributed by atoms with Crippen molar-refractivity contribution in [1.82, 2.24) is 9.62 Å². The van der Waals surface area contributed by atoms with Crippen LogP contribution in [0.2, 0.25) is 0 Å². The van der Waals surface area contributed by atoms with E-state index in [0.29, 0.717) is 19.5 Å². The molecule has 1 N–H and O–H groups in total. The fourth-order valence-corrected chi connectivity index (χ4v) is 2.52. The predicted molar refractivity (Wildman–Crippen MR) is 64.4 cm³/mol. The largest absolute Gasteiger partial charge is 0.303 e. The molecular weight excluding hydrogens is 226 g/mol. The van der Waals surface area contributed by atoms with Crippen molar-refractivity contribution in [2.75, 3.05) is 26.2 Å². The maximum atomic E-state index is 11.6. The second kappa shape index (κ2) is 7.60. The van der Waals surface area contributed by atoms with Crippen LogP contribution in [0.5, 0.6) is 0 Å². The van der Waals surface area contributed by atoms with Gasteiger partial charge < -0.3 is 4.90 Å². The van der Waals surface area contributed by atoms with Gasteiger partial charge in [-0.15, -0.1) is 0 Å². The molecule has 0 saturated carbocycles. The molecule has 0 amide bonds. The maximum absolute atomic E-state index is 11.6. The third-order valence-electron chi connectivity index (χ3n) is 2.52. The number of rotatable bonds is 8. The van der Waals surface area contributed by atoms with E-state index in [4.69, 9.17) is 5.26 Å². The molecule has 0 aliphatic heterocycles. The molecule has 0 fully saturated rings. The Balaban J connectivity index is 4.15. The highest BCUT2D eigenvalue weighted by Gasteiger charge is 2.22. The van der Waals surface area contributed by atoms with Crippen molar-refractivity contribution in [3.63, 3.8) is 0 Å². The lowest BCUT2D eigenvalue weighted by molar-refractivity contribution is 0.309. The highest BCUT2D eigenvalue weighted by molar-refractivity contribution is 7.90. The molecule has 0 aliphatic carbocycles. The lowest BCUT2D eigenvalue weighted by Crippen LogP contribution is -2.38. The number of nitrogens with one attached hydrogen (secondary N) is 1. The fourth-order valence-electron chi connectivity index (χ4n) is 1.37. The molecule has 0 heterocycles. The third-order valence-corrected chi connectivity index (χ3v) is 4.31. The molecule has 6 heteroatoms. The van der Waals surface area contributed by atoms with Crippen LogP contribution < -0.4 is 4.72 Å². The molecule has 1 unspecified atom stereocenters. The molecule has 0 spiro atoms. The Morgan fingerprint density at radius 3 is 2.25 bits per heavy atom. The van der Waals surface area contributed by atoms with Crippen LogP contribution >= 0.6 is 0 Å². The summed E-state index contributed by atoms with van der Waals surface area (Å²) in [4.78, 5) is 2.12. The number of sulfonamides is 1. The van der Waals surface area contributed by atoms with Crippen LogP contribution in [0.15, 0.2) is 0 Å². The molecule has 0 radical (unpaired) electrons. The van der Waals surface area contributed by atoms with E-state index in [1.807, 2.05) is 13.8 Å². The average Bonchev–Trinajstić information content (AvgIpc) is 2.25. The summed E-state index contributed by atoms with van der Waals surface area (Å²) in [6.07, 6.45) is 0.317. The van der Waals surface area contributed by atoms with Crippen LogP contribution in [-0.2, 0) is 10.0 Å². The van der Waals surface area contributed by atoms with Gasteiger partial charge in [0.05, 0.1) is 6.07 Å². The summed E-state index contributed by atoms with van der Waals surface area (Å²) in [5.74, 6) is 0. The van der Waals surface area contributed by atoms with Crippen LogP contribution in [0.1, 0.15) is 27.2 Å². The van der Waals surface area contributed by atoms with E-state index in [0.717, 1.165) is 13.1 Å². The Bertz CT molecular complexity index is 317. The third kappa shape index (κ3) is 4.92. The Hall–Kier alpha value is -0.640. The first-order chi connectivity index (χ1) is 7.51. The van der Waals surface area contributed by atoms with Gasteiger partial charge >= 0.3 is 0 Å². The molecule has 0 aromatic heterocycles. The molecule has 0 aliphatic rings. The lowest BCUT2D eigenvalue weighted by Gasteiger charge is -2.18. The highest BCUT2D eigenvalue weighted by Crippen LogP contribution is 2.02. The van der Waals surface area contributed by atoms with Crippen molar-refractivity contribution >= 4 is 10.0 Å². The number of nitriles is 1. The average molecular weight is 247 g/mol. The minimum atomic E-state index is -3.47. The molecular formula is C10H21N3O2S. The van der Waals surface area contributed by atoms with Gasteiger partial charge in [0.2, 0.25) is 10.0 Å². The van der Waals surface area contributed by atoms with E-state index in [1.165, 1.54) is 0 Å². The van der Waals surface area contributed by atoms with Crippen molar-refractivity contribution in [2.24, 2.45) is 0 Å². The van der Waals surface area contributed by atoms with E-state index in [9.17, 15) is 8.42 Å². The predicted octanol–water partition coefficient (Wildman–Crippen LogP) is 0.550. The minimum Gasteiger partial charge on any atom is -0.303 e. The van der Waals surface area contributed by atoms with E-state index in [-0.39, 0.29) is 0 Å². The topological polar surface area (TPSA) is 73.2 Å². The number of nitrogens with zero attached hydrogens (tertiary/aromatic N) is 2. The van der Waals surface area contributed by atoms with E-state index < -0.39 is 15.3 Å². The smallest absolute Gasteiger partial charge is 0.228 e. The van der Waals surface area contributed by atoms with Crippen LogP contribution in [-0.4, -0.2) is 44.7 Å². The van der Waals surface area contributed by atoms with Gasteiger partial charge in [0.15, 0.2) is 5.25 Å². The van der Waals surface area contributed by atoms with Crippen molar-refractivity contribution < 1.29 is 8.42 Å². The van der Waals surface area contributed by atoms with Crippen molar-refractivity contribution in [3.8, 4) is 6.07 Å². The summed E-state index contributed by atoms with van der Waals surface area (Å²) < 4.78 is 25.7. The van der Waals surface area contributed by atoms with Crippen LogP contribution in [0, 0.1) is 11.3 Å². The van der Waals surface area contributed by atoms with Crippen molar-refractivity contribution in [2.45, 2.75) is 32.4 Å². The van der Waals surface area contributed by atoms with Crippen molar-refractivity contribution in [1.29, 1.82) is 5.26 Å². The number of hydrogen-bond donors (Lipinski definition) is 1. The molecule has 0 saturated heterocycles. The first-order valence-corrected chi connectivity index (χ1v) is 7.16. The van der Waals surface area contributed by atoms with Gasteiger partial charge in [0.1, 0.15) is 0 Å². The first-order valence-electron chi connectivity index (χ1n) is 5.62. The van der Waals surface area contributed by atoms with Crippen LogP contribution in [0.4, 0.5) is 0 Å². The molecule has 5 nitrogen and oxygen atoms in total. The van der Waals surface area contributed by atoms with E-state index >= 15 is 0 Å². The Kier molecular flexibility index (Phi) is 7.30. The summed E-state index contributed by atoms with van der Waals surface area (Å²) in [6, 6.07) is 1.79. The summed E-state index contributed by atoms with van der Waals surface area (Å²) in [6.45, 7) is 8.58. The molecule has 94 valence electrons. The lowest BCUT2D eigenvalue weighted by atomic mass is 10.4. The van der Waals surface area contributed by atoms with E-state index in [2.05, 4.69) is 9.62 Å². The Morgan fingerprint density at radius 2 is 1.88 bits per heavy atom. The second-order valence-corrected chi connectivity index (χ2v) is 5.44. The maximum Gasteiger partial charge on any atom is 0.228 e. The highest BCUT2D eigenvalue weighted by atomic mass is 32.2. The van der Waals surface area contributed by atoms with Gasteiger partial charge in [-0.05, 0) is 19.5 Å².